The molecule has 2 aromatic heterocycles. The second-order valence-corrected chi connectivity index (χ2v) is 5.03. The maximum atomic E-state index is 13.4. The van der Waals surface area contributed by atoms with Crippen LogP contribution in [-0.2, 0) is 6.54 Å². The summed E-state index contributed by atoms with van der Waals surface area (Å²) in [6.45, 7) is -0.627. The van der Waals surface area contributed by atoms with Crippen molar-refractivity contribution in [3.8, 4) is 0 Å². The van der Waals surface area contributed by atoms with E-state index in [0.717, 1.165) is 16.7 Å². The Morgan fingerprint density at radius 3 is 2.73 bits per heavy atom. The maximum Gasteiger partial charge on any atom is 0.390 e. The van der Waals surface area contributed by atoms with Gasteiger partial charge in [-0.3, -0.25) is 13.8 Å². The average Bonchev–Trinajstić information content (AvgIpc) is 2.80. The Morgan fingerprint density at radius 1 is 1.32 bits per heavy atom. The summed E-state index contributed by atoms with van der Waals surface area (Å²) in [5, 5.41) is 6.17. The van der Waals surface area contributed by atoms with Crippen LogP contribution < -0.4 is 5.56 Å². The first-order valence-electron chi connectivity index (χ1n) is 6.14. The van der Waals surface area contributed by atoms with E-state index in [4.69, 9.17) is 12.2 Å². The number of aromatic amines is 1. The summed E-state index contributed by atoms with van der Waals surface area (Å²) in [5.74, 6) is -0.709. The molecular weight excluding hydrogens is 324 g/mol. The summed E-state index contributed by atoms with van der Waals surface area (Å²) in [7, 11) is 0. The number of benzene rings is 1. The number of hydrogen-bond donors (Lipinski definition) is 1. The number of H-pyrrole nitrogens is 1. The SMILES string of the molecule is O=c1c2cc(F)ccc2n2c(=S)[nH]nc2n1CCC(F)(F)F. The minimum atomic E-state index is -4.43. The largest absolute Gasteiger partial charge is 0.390 e. The van der Waals surface area contributed by atoms with E-state index in [0.29, 0.717) is 0 Å². The molecule has 0 aliphatic rings. The quantitative estimate of drug-likeness (QED) is 0.580. The third kappa shape index (κ3) is 2.39. The van der Waals surface area contributed by atoms with E-state index in [9.17, 15) is 22.4 Å². The number of alkyl halides is 3. The highest BCUT2D eigenvalue weighted by atomic mass is 32.1. The standard InChI is InChI=1S/C12H8F4N4OS/c13-6-1-2-8-7(5-6)9(21)19(4-3-12(14,15)16)10-17-18-11(22)20(8)10/h1-2,5H,3-4H2,(H,18,22). The van der Waals surface area contributed by atoms with Crippen LogP contribution in [0.1, 0.15) is 6.42 Å². The molecule has 3 rings (SSSR count). The second kappa shape index (κ2) is 4.90. The number of rotatable bonds is 2. The first kappa shape index (κ1) is 14.7. The Bertz CT molecular complexity index is 985. The highest BCUT2D eigenvalue weighted by molar-refractivity contribution is 7.71. The number of aryl methyl sites for hydroxylation is 1. The van der Waals surface area contributed by atoms with Crippen LogP contribution in [0, 0.1) is 10.6 Å². The van der Waals surface area contributed by atoms with Gasteiger partial charge < -0.3 is 0 Å². The summed E-state index contributed by atoms with van der Waals surface area (Å²) in [6, 6.07) is 3.44. The molecule has 0 atom stereocenters. The Labute approximate surface area is 124 Å². The van der Waals surface area contributed by atoms with Gasteiger partial charge in [0.1, 0.15) is 5.82 Å². The molecule has 3 aromatic rings. The summed E-state index contributed by atoms with van der Waals surface area (Å²) in [5.41, 5.74) is -0.469. The highest BCUT2D eigenvalue weighted by Gasteiger charge is 2.28. The van der Waals surface area contributed by atoms with E-state index in [2.05, 4.69) is 10.2 Å². The number of aromatic nitrogens is 4. The van der Waals surface area contributed by atoms with E-state index in [1.807, 2.05) is 0 Å². The van der Waals surface area contributed by atoms with Gasteiger partial charge in [-0.05, 0) is 30.4 Å². The lowest BCUT2D eigenvalue weighted by atomic mass is 10.2. The van der Waals surface area contributed by atoms with Gasteiger partial charge in [0.05, 0.1) is 17.3 Å². The van der Waals surface area contributed by atoms with Crippen molar-refractivity contribution in [1.29, 1.82) is 0 Å². The molecule has 0 aliphatic heterocycles. The van der Waals surface area contributed by atoms with Gasteiger partial charge in [-0.1, -0.05) is 0 Å². The topological polar surface area (TPSA) is 55.1 Å². The molecule has 0 saturated carbocycles. The molecule has 0 radical (unpaired) electrons. The number of fused-ring (bicyclic) bond motifs is 3. The van der Waals surface area contributed by atoms with E-state index < -0.39 is 30.5 Å². The number of nitrogens with zero attached hydrogens (tertiary/aromatic N) is 3. The Kier molecular flexibility index (Phi) is 3.28. The molecule has 1 aromatic carbocycles. The lowest BCUT2D eigenvalue weighted by Crippen LogP contribution is -2.26. The zero-order chi connectivity index (χ0) is 16.1. The maximum absolute atomic E-state index is 13.4. The van der Waals surface area contributed by atoms with Crippen molar-refractivity contribution in [3.63, 3.8) is 0 Å². The van der Waals surface area contributed by atoms with E-state index in [1.165, 1.54) is 10.5 Å². The number of nitrogens with one attached hydrogen (secondary N) is 1. The smallest absolute Gasteiger partial charge is 0.276 e. The molecule has 1 N–H and O–H groups in total. The summed E-state index contributed by atoms with van der Waals surface area (Å²) in [6.07, 6.45) is -5.64. The zero-order valence-electron chi connectivity index (χ0n) is 10.8. The van der Waals surface area contributed by atoms with Crippen LogP contribution in [0.4, 0.5) is 17.6 Å². The second-order valence-electron chi connectivity index (χ2n) is 4.65. The van der Waals surface area contributed by atoms with Gasteiger partial charge in [0, 0.05) is 6.54 Å². The lowest BCUT2D eigenvalue weighted by Gasteiger charge is -2.11. The minimum Gasteiger partial charge on any atom is -0.276 e. The van der Waals surface area contributed by atoms with Gasteiger partial charge in [0.15, 0.2) is 0 Å². The monoisotopic (exact) mass is 332 g/mol. The van der Waals surface area contributed by atoms with Crippen LogP contribution in [0.3, 0.4) is 0 Å². The Hall–Kier alpha value is -2.23. The highest BCUT2D eigenvalue weighted by Crippen LogP contribution is 2.21. The van der Waals surface area contributed by atoms with Crippen molar-refractivity contribution in [2.24, 2.45) is 0 Å². The van der Waals surface area contributed by atoms with Gasteiger partial charge >= 0.3 is 6.18 Å². The van der Waals surface area contributed by atoms with Crippen molar-refractivity contribution < 1.29 is 17.6 Å². The van der Waals surface area contributed by atoms with Crippen molar-refractivity contribution in [2.45, 2.75) is 19.1 Å². The van der Waals surface area contributed by atoms with Crippen LogP contribution in [0.5, 0.6) is 0 Å². The van der Waals surface area contributed by atoms with Crippen LogP contribution in [0.15, 0.2) is 23.0 Å². The van der Waals surface area contributed by atoms with Gasteiger partial charge in [-0.25, -0.2) is 9.49 Å². The third-order valence-corrected chi connectivity index (χ3v) is 3.46. The molecular formula is C12H8F4N4OS. The molecule has 2 heterocycles. The molecule has 5 nitrogen and oxygen atoms in total. The summed E-state index contributed by atoms with van der Waals surface area (Å²) >= 11 is 5.02. The molecule has 0 fully saturated rings. The molecule has 0 bridgehead atoms. The van der Waals surface area contributed by atoms with Crippen molar-refractivity contribution >= 4 is 28.9 Å². The molecule has 10 heteroatoms. The van der Waals surface area contributed by atoms with Gasteiger partial charge in [-0.15, -0.1) is 5.10 Å². The first-order valence-corrected chi connectivity index (χ1v) is 6.55. The van der Waals surface area contributed by atoms with Gasteiger partial charge in [-0.2, -0.15) is 13.2 Å². The molecule has 0 unspecified atom stereocenters. The normalized spacial score (nSPS) is 12.4. The van der Waals surface area contributed by atoms with Crippen molar-refractivity contribution in [1.82, 2.24) is 19.2 Å². The fraction of sp³-hybridized carbons (Fsp3) is 0.250. The van der Waals surface area contributed by atoms with Crippen LogP contribution in [0.25, 0.3) is 16.7 Å². The zero-order valence-corrected chi connectivity index (χ0v) is 11.6. The average molecular weight is 332 g/mol. The number of halogens is 4. The minimum absolute atomic E-state index is 0.0432. The van der Waals surface area contributed by atoms with E-state index >= 15 is 0 Å². The fourth-order valence-electron chi connectivity index (χ4n) is 2.24. The van der Waals surface area contributed by atoms with Crippen molar-refractivity contribution in [2.75, 3.05) is 0 Å². The van der Waals surface area contributed by atoms with Crippen LogP contribution in [0.2, 0.25) is 0 Å². The van der Waals surface area contributed by atoms with Crippen LogP contribution in [-0.4, -0.2) is 25.3 Å². The predicted octanol–water partition coefficient (Wildman–Crippen LogP) is 2.80. The van der Waals surface area contributed by atoms with Gasteiger partial charge in [0.2, 0.25) is 10.5 Å². The molecule has 0 spiro atoms. The molecule has 116 valence electrons. The Balaban J connectivity index is 2.36. The summed E-state index contributed by atoms with van der Waals surface area (Å²) < 4.78 is 52.9. The number of hydrogen-bond acceptors (Lipinski definition) is 3. The third-order valence-electron chi connectivity index (χ3n) is 3.19. The van der Waals surface area contributed by atoms with E-state index in [-0.39, 0.29) is 21.5 Å². The lowest BCUT2D eigenvalue weighted by molar-refractivity contribution is -0.136. The first-order chi connectivity index (χ1) is 10.3. The summed E-state index contributed by atoms with van der Waals surface area (Å²) in [4.78, 5) is 12.3. The predicted molar refractivity (Wildman–Crippen MR) is 72.8 cm³/mol. The van der Waals surface area contributed by atoms with Gasteiger partial charge in [0.25, 0.3) is 5.56 Å². The molecule has 0 aliphatic carbocycles. The molecule has 22 heavy (non-hydrogen) atoms. The van der Waals surface area contributed by atoms with Crippen LogP contribution >= 0.6 is 12.2 Å². The molecule has 0 amide bonds. The van der Waals surface area contributed by atoms with Crippen molar-refractivity contribution in [3.05, 3.63) is 39.1 Å². The molecule has 0 saturated heterocycles. The van der Waals surface area contributed by atoms with E-state index in [1.54, 1.807) is 0 Å². The Morgan fingerprint density at radius 2 is 2.05 bits per heavy atom. The fourth-order valence-corrected chi connectivity index (χ4v) is 2.46.